The third kappa shape index (κ3) is 7.11. The molecule has 2 atom stereocenters. The van der Waals surface area contributed by atoms with Crippen LogP contribution in [0.5, 0.6) is 0 Å². The van der Waals surface area contributed by atoms with E-state index in [1.54, 1.807) is 19.2 Å². The zero-order chi connectivity index (χ0) is 24.9. The van der Waals surface area contributed by atoms with E-state index in [2.05, 4.69) is 16.2 Å². The smallest absolute Gasteiger partial charge is 0.387 e. The predicted octanol–water partition coefficient (Wildman–Crippen LogP) is 2.31. The Morgan fingerprint density at radius 2 is 2.09 bits per heavy atom. The Hall–Kier alpha value is -2.27. The lowest BCUT2D eigenvalue weighted by atomic mass is 9.95. The molecule has 4 N–H and O–H groups in total. The van der Waals surface area contributed by atoms with Gasteiger partial charge in [0.05, 0.1) is 12.1 Å². The second-order valence-corrected chi connectivity index (χ2v) is 9.10. The number of hydrogen-bond donors (Lipinski definition) is 4. The minimum atomic E-state index is -4.44. The second-order valence-electron chi connectivity index (χ2n) is 8.71. The first kappa shape index (κ1) is 26.3. The van der Waals surface area contributed by atoms with E-state index in [1.165, 1.54) is 10.5 Å². The minimum Gasteiger partial charge on any atom is -0.387 e. The number of likely N-dealkylation sites (N-methyl/N-ethyl adjacent to an activating group) is 2. The molecule has 0 aromatic rings. The maximum Gasteiger partial charge on any atom is 0.431 e. The van der Waals surface area contributed by atoms with Gasteiger partial charge >= 0.3 is 6.18 Å². The maximum atomic E-state index is 12.7. The number of alkyl halides is 3. The van der Waals surface area contributed by atoms with Crippen molar-refractivity contribution in [2.75, 3.05) is 40.3 Å². The summed E-state index contributed by atoms with van der Waals surface area (Å²) in [5, 5.41) is 14.3. The number of hydrogen-bond acceptors (Lipinski definition) is 6. The molecule has 0 bridgehead atoms. The summed E-state index contributed by atoms with van der Waals surface area (Å²) in [5.41, 5.74) is 6.57. The van der Waals surface area contributed by atoms with Crippen LogP contribution in [0.15, 0.2) is 58.0 Å². The molecule has 0 fully saturated rings. The van der Waals surface area contributed by atoms with Crippen LogP contribution in [0.4, 0.5) is 13.2 Å². The van der Waals surface area contributed by atoms with Crippen LogP contribution in [-0.4, -0.2) is 79.4 Å². The van der Waals surface area contributed by atoms with Crippen molar-refractivity contribution in [3.63, 3.8) is 0 Å². The Morgan fingerprint density at radius 1 is 1.32 bits per heavy atom. The van der Waals surface area contributed by atoms with Crippen LogP contribution in [0.25, 0.3) is 0 Å². The Balaban J connectivity index is 1.41. The van der Waals surface area contributed by atoms with Crippen molar-refractivity contribution < 1.29 is 23.1 Å². The van der Waals surface area contributed by atoms with Crippen molar-refractivity contribution >= 4 is 17.5 Å². The van der Waals surface area contributed by atoms with Gasteiger partial charge in [-0.1, -0.05) is 35.4 Å². The first-order chi connectivity index (χ1) is 16.0. The second kappa shape index (κ2) is 11.4. The summed E-state index contributed by atoms with van der Waals surface area (Å²) in [6.45, 7) is 1.86. The number of halogens is 4. The predicted molar refractivity (Wildman–Crippen MR) is 125 cm³/mol. The SMILES string of the molecule is CN(CC1C=C(C(F)(F)F)NN1)C(=O)C1=CC=C(CCNCC(O)C2=CC=C(Cl)N(C)C2)CC1. The monoisotopic (exact) mass is 501 g/mol. The number of allylic oxidation sites excluding steroid dienone is 5. The number of nitrogens with one attached hydrogen (secondary N) is 3. The van der Waals surface area contributed by atoms with E-state index in [-0.39, 0.29) is 12.5 Å². The summed E-state index contributed by atoms with van der Waals surface area (Å²) in [6.07, 6.45) is 5.51. The van der Waals surface area contributed by atoms with Crippen molar-refractivity contribution in [2.45, 2.75) is 37.6 Å². The van der Waals surface area contributed by atoms with Gasteiger partial charge in [-0.2, -0.15) is 13.2 Å². The first-order valence-corrected chi connectivity index (χ1v) is 11.5. The molecule has 0 aromatic carbocycles. The van der Waals surface area contributed by atoms with Crippen LogP contribution in [0.3, 0.4) is 0 Å². The zero-order valence-electron chi connectivity index (χ0n) is 19.3. The number of hydrazine groups is 1. The highest BCUT2D eigenvalue weighted by atomic mass is 35.5. The van der Waals surface area contributed by atoms with Gasteiger partial charge in [-0.15, -0.1) is 0 Å². The molecule has 3 aliphatic rings. The fraction of sp³-hybridized carbons (Fsp3) is 0.522. The fourth-order valence-electron chi connectivity index (χ4n) is 3.95. The summed E-state index contributed by atoms with van der Waals surface area (Å²) in [4.78, 5) is 16.0. The maximum absolute atomic E-state index is 12.7. The third-order valence-electron chi connectivity index (χ3n) is 6.00. The van der Waals surface area contributed by atoms with E-state index in [9.17, 15) is 23.1 Å². The van der Waals surface area contributed by atoms with Crippen LogP contribution >= 0.6 is 11.6 Å². The molecule has 1 amide bonds. The van der Waals surface area contributed by atoms with Crippen molar-refractivity contribution in [3.05, 3.63) is 58.0 Å². The van der Waals surface area contributed by atoms with Gasteiger partial charge < -0.3 is 25.6 Å². The molecule has 7 nitrogen and oxygen atoms in total. The third-order valence-corrected chi connectivity index (χ3v) is 6.42. The first-order valence-electron chi connectivity index (χ1n) is 11.2. The van der Waals surface area contributed by atoms with Crippen LogP contribution in [-0.2, 0) is 4.79 Å². The van der Waals surface area contributed by atoms with Gasteiger partial charge in [0, 0.05) is 39.3 Å². The molecule has 2 aliphatic heterocycles. The Bertz CT molecular complexity index is 926. The van der Waals surface area contributed by atoms with Crippen LogP contribution in [0.1, 0.15) is 19.3 Å². The van der Waals surface area contributed by atoms with E-state index in [0.717, 1.165) is 24.5 Å². The van der Waals surface area contributed by atoms with E-state index < -0.39 is 24.0 Å². The van der Waals surface area contributed by atoms with Crippen molar-refractivity contribution in [2.24, 2.45) is 0 Å². The Morgan fingerprint density at radius 3 is 2.71 bits per heavy atom. The van der Waals surface area contributed by atoms with Crippen molar-refractivity contribution in [1.82, 2.24) is 26.0 Å². The minimum absolute atomic E-state index is 0.125. The largest absolute Gasteiger partial charge is 0.431 e. The number of amides is 1. The molecule has 11 heteroatoms. The number of aliphatic hydroxyl groups excluding tert-OH is 1. The highest BCUT2D eigenvalue weighted by Gasteiger charge is 2.37. The van der Waals surface area contributed by atoms with Gasteiger partial charge in [-0.3, -0.25) is 4.79 Å². The van der Waals surface area contributed by atoms with E-state index in [0.29, 0.717) is 36.8 Å². The molecule has 188 valence electrons. The normalized spacial score (nSPS) is 21.7. The van der Waals surface area contributed by atoms with E-state index in [1.807, 2.05) is 24.1 Å². The fourth-order valence-corrected chi connectivity index (χ4v) is 4.07. The molecule has 0 spiro atoms. The average molecular weight is 502 g/mol. The van der Waals surface area contributed by atoms with E-state index >= 15 is 0 Å². The van der Waals surface area contributed by atoms with Gasteiger partial charge in [-0.05, 0) is 43.5 Å². The summed E-state index contributed by atoms with van der Waals surface area (Å²) >= 11 is 6.02. The molecule has 1 aliphatic carbocycles. The summed E-state index contributed by atoms with van der Waals surface area (Å²) in [6, 6.07) is -0.611. The summed E-state index contributed by atoms with van der Waals surface area (Å²) in [5.74, 6) is -0.188. The van der Waals surface area contributed by atoms with Gasteiger partial charge in [0.1, 0.15) is 10.9 Å². The molecular formula is C23H31ClF3N5O2. The number of rotatable bonds is 9. The highest BCUT2D eigenvalue weighted by Crippen LogP contribution is 2.26. The van der Waals surface area contributed by atoms with Crippen molar-refractivity contribution in [3.8, 4) is 0 Å². The lowest BCUT2D eigenvalue weighted by Gasteiger charge is -2.26. The lowest BCUT2D eigenvalue weighted by molar-refractivity contribution is -0.126. The Kier molecular flexibility index (Phi) is 8.86. The summed E-state index contributed by atoms with van der Waals surface area (Å²) in [7, 11) is 3.46. The van der Waals surface area contributed by atoms with Crippen LogP contribution in [0, 0.1) is 0 Å². The van der Waals surface area contributed by atoms with Gasteiger partial charge in [0.25, 0.3) is 0 Å². The molecule has 0 saturated carbocycles. The molecule has 0 saturated heterocycles. The van der Waals surface area contributed by atoms with Crippen LogP contribution in [0.2, 0.25) is 0 Å². The zero-order valence-corrected chi connectivity index (χ0v) is 20.0. The van der Waals surface area contributed by atoms with Crippen molar-refractivity contribution in [1.29, 1.82) is 0 Å². The molecule has 3 rings (SSSR count). The quantitative estimate of drug-likeness (QED) is 0.287. The summed E-state index contributed by atoms with van der Waals surface area (Å²) < 4.78 is 38.2. The Labute approximate surface area is 202 Å². The van der Waals surface area contributed by atoms with E-state index in [4.69, 9.17) is 11.6 Å². The molecular weight excluding hydrogens is 471 g/mol. The molecule has 0 aromatic heterocycles. The number of carbonyl (C=O) groups is 1. The number of carbonyl (C=O) groups excluding carboxylic acids is 1. The van der Waals surface area contributed by atoms with Gasteiger partial charge in [0.2, 0.25) is 5.91 Å². The standard InChI is InChI=1S/C23H31ClF3N5O2/c1-31-13-17(7-8-21(31)24)19(33)12-28-10-9-15-3-5-16(6-4-15)22(34)32(2)14-18-11-20(30-29-18)23(25,26)27/h3,5,7-8,11,18-19,28-30,33H,4,6,9-10,12-14H2,1-2H3. The van der Waals surface area contributed by atoms with Crippen LogP contribution < -0.4 is 16.2 Å². The topological polar surface area (TPSA) is 79.9 Å². The van der Waals surface area contributed by atoms with Gasteiger partial charge in [0.15, 0.2) is 0 Å². The molecule has 2 unspecified atom stereocenters. The highest BCUT2D eigenvalue weighted by molar-refractivity contribution is 6.29. The molecule has 34 heavy (non-hydrogen) atoms. The molecule has 2 heterocycles. The average Bonchev–Trinajstić information content (AvgIpc) is 3.27. The lowest BCUT2D eigenvalue weighted by Crippen LogP contribution is -2.43. The van der Waals surface area contributed by atoms with Gasteiger partial charge in [-0.25, -0.2) is 5.43 Å². The number of aliphatic hydroxyl groups is 1. The number of nitrogens with zero attached hydrogens (tertiary/aromatic N) is 2. The molecule has 0 radical (unpaired) electrons.